The quantitative estimate of drug-likeness (QED) is 0.524. The van der Waals surface area contributed by atoms with E-state index < -0.39 is 44.6 Å². The number of halogens is 3. The van der Waals surface area contributed by atoms with Crippen LogP contribution >= 0.6 is 23.2 Å². The summed E-state index contributed by atoms with van der Waals surface area (Å²) in [4.78, 5) is 45.8. The molecule has 5 rings (SSSR count). The minimum absolute atomic E-state index is 0.000787. The molecule has 2 aromatic rings. The van der Waals surface area contributed by atoms with Crippen molar-refractivity contribution in [3.63, 3.8) is 0 Å². The molecule has 2 aromatic carbocycles. The Morgan fingerprint density at radius 3 is 2.41 bits per heavy atom. The summed E-state index contributed by atoms with van der Waals surface area (Å²) in [5.74, 6) is -2.06. The van der Waals surface area contributed by atoms with Crippen LogP contribution in [0.5, 0.6) is 5.75 Å². The maximum absolute atomic E-state index is 13.7. The Bertz CT molecular complexity index is 1430. The molecule has 0 spiro atoms. The molecule has 39 heavy (non-hydrogen) atoms. The fraction of sp³-hybridized carbons (Fsp3) is 0.385. The van der Waals surface area contributed by atoms with Gasteiger partial charge in [0.2, 0.25) is 26.5 Å². The molecular formula is C26H25Cl2FN2O7S. The molecule has 208 valence electrons. The molecule has 0 radical (unpaired) electrons. The van der Waals surface area contributed by atoms with Crippen LogP contribution in [0.4, 0.5) is 4.39 Å². The van der Waals surface area contributed by atoms with Gasteiger partial charge >= 0.3 is 0 Å². The monoisotopic (exact) mass is 598 g/mol. The maximum atomic E-state index is 13.7. The van der Waals surface area contributed by atoms with Gasteiger partial charge < -0.3 is 15.0 Å². The lowest BCUT2D eigenvalue weighted by Gasteiger charge is -2.44. The average Bonchev–Trinajstić information content (AvgIpc) is 2.98. The summed E-state index contributed by atoms with van der Waals surface area (Å²) >= 11 is 11.7. The molecule has 0 aromatic heterocycles. The second kappa shape index (κ2) is 11.2. The minimum atomic E-state index is -4.18. The first-order chi connectivity index (χ1) is 18.4. The zero-order valence-electron chi connectivity index (χ0n) is 20.8. The third kappa shape index (κ3) is 5.39. The third-order valence-electron chi connectivity index (χ3n) is 7.00. The van der Waals surface area contributed by atoms with Crippen molar-refractivity contribution in [2.45, 2.75) is 41.9 Å². The van der Waals surface area contributed by atoms with Crippen LogP contribution in [0.2, 0.25) is 10.0 Å². The predicted molar refractivity (Wildman–Crippen MR) is 140 cm³/mol. The number of sulfone groups is 1. The van der Waals surface area contributed by atoms with Crippen molar-refractivity contribution < 1.29 is 36.7 Å². The molecule has 3 fully saturated rings. The highest BCUT2D eigenvalue weighted by Gasteiger charge is 2.70. The molecule has 3 saturated heterocycles. The number of β-lactam (4-membered cyclic amide) rings is 1. The zero-order valence-corrected chi connectivity index (χ0v) is 23.2. The third-order valence-corrected chi connectivity index (χ3v) is 9.89. The van der Waals surface area contributed by atoms with Crippen LogP contribution < -0.4 is 10.1 Å². The van der Waals surface area contributed by atoms with E-state index in [1.807, 2.05) is 0 Å². The van der Waals surface area contributed by atoms with Gasteiger partial charge in [-0.15, -0.1) is 0 Å². The molecule has 2 unspecified atom stereocenters. The number of methoxy groups -OCH3 is 1. The molecule has 13 heteroatoms. The first-order valence-corrected chi connectivity index (χ1v) is 14.3. The van der Waals surface area contributed by atoms with Gasteiger partial charge in [0.05, 0.1) is 23.4 Å². The first-order valence-electron chi connectivity index (χ1n) is 12.1. The number of ketones is 2. The van der Waals surface area contributed by atoms with Crippen molar-refractivity contribution in [3.05, 3.63) is 57.8 Å². The fourth-order valence-electron chi connectivity index (χ4n) is 4.93. The smallest absolute Gasteiger partial charge is 0.228 e. The van der Waals surface area contributed by atoms with E-state index in [9.17, 15) is 32.0 Å². The van der Waals surface area contributed by atoms with E-state index in [2.05, 4.69) is 5.32 Å². The van der Waals surface area contributed by atoms with Gasteiger partial charge in [-0.25, -0.2) is 12.8 Å². The summed E-state index contributed by atoms with van der Waals surface area (Å²) in [6, 6.07) is 7.92. The lowest BCUT2D eigenvalue weighted by atomic mass is 9.92. The molecule has 0 aliphatic carbocycles. The summed E-state index contributed by atoms with van der Waals surface area (Å²) in [6.45, 7) is 0.473. The van der Waals surface area contributed by atoms with Crippen LogP contribution in [-0.4, -0.2) is 61.8 Å². The van der Waals surface area contributed by atoms with Gasteiger partial charge in [-0.3, -0.25) is 19.2 Å². The summed E-state index contributed by atoms with van der Waals surface area (Å²) in [5.41, 5.74) is 0.455. The summed E-state index contributed by atoms with van der Waals surface area (Å²) in [7, 11) is -2.82. The van der Waals surface area contributed by atoms with Crippen molar-refractivity contribution in [2.24, 2.45) is 5.92 Å². The van der Waals surface area contributed by atoms with Gasteiger partial charge in [0.1, 0.15) is 17.3 Å². The summed E-state index contributed by atoms with van der Waals surface area (Å²) < 4.78 is 45.6. The molecule has 3 aliphatic rings. The Balaban J connectivity index is 0.000000333. The maximum Gasteiger partial charge on any atom is 0.228 e. The SMILES string of the molecule is COc1cc(F)c(Cl)cc1CC1CN2C(=O)CC2(S(=O)(=O)c2ccc(Cl)cc2)C1=O.O=C1CCNC(=O)CC1. The standard InChI is InChI=1S/C20H16Cl2FNO5S.C6H9NO2/c1-29-17-8-16(23)15(22)7-11(17)6-12-10-24-18(25)9-20(24,19(12)26)30(27,28)14-4-2-13(21)3-5-14;8-5-1-2-6(9)7-4-3-5/h2-5,7-8,12H,6,9-10H2,1H3;1-4H2,(H,7,9). The van der Waals surface area contributed by atoms with Crippen molar-refractivity contribution >= 4 is 56.4 Å². The van der Waals surface area contributed by atoms with Gasteiger partial charge in [0, 0.05) is 49.4 Å². The van der Waals surface area contributed by atoms with Gasteiger partial charge in [0.25, 0.3) is 0 Å². The number of amides is 2. The summed E-state index contributed by atoms with van der Waals surface area (Å²) in [6.07, 6.45) is 0.953. The molecule has 2 atom stereocenters. The molecule has 9 nitrogen and oxygen atoms in total. The predicted octanol–water partition coefficient (Wildman–Crippen LogP) is 3.14. The Hall–Kier alpha value is -3.02. The Morgan fingerprint density at radius 1 is 1.08 bits per heavy atom. The summed E-state index contributed by atoms with van der Waals surface area (Å²) in [5, 5.41) is 2.83. The lowest BCUT2D eigenvalue weighted by molar-refractivity contribution is -0.150. The van der Waals surface area contributed by atoms with Crippen molar-refractivity contribution in [2.75, 3.05) is 20.2 Å². The highest BCUT2D eigenvalue weighted by Crippen LogP contribution is 2.49. The minimum Gasteiger partial charge on any atom is -0.496 e. The molecule has 1 N–H and O–H groups in total. The molecule has 3 heterocycles. The van der Waals surface area contributed by atoms with Crippen molar-refractivity contribution in [1.82, 2.24) is 10.2 Å². The van der Waals surface area contributed by atoms with E-state index in [1.54, 1.807) is 0 Å². The van der Waals surface area contributed by atoms with Crippen molar-refractivity contribution in [1.29, 1.82) is 0 Å². The highest BCUT2D eigenvalue weighted by molar-refractivity contribution is 7.93. The van der Waals surface area contributed by atoms with Crippen LogP contribution in [0, 0.1) is 11.7 Å². The number of carbonyl (C=O) groups is 4. The number of nitrogens with zero attached hydrogens (tertiary/aromatic N) is 1. The molecule has 3 aliphatic heterocycles. The number of carbonyl (C=O) groups excluding carboxylic acids is 4. The highest BCUT2D eigenvalue weighted by atomic mass is 35.5. The van der Waals surface area contributed by atoms with Crippen LogP contribution in [0.3, 0.4) is 0 Å². The topological polar surface area (TPSA) is 127 Å². The van der Waals surface area contributed by atoms with Crippen LogP contribution in [0.1, 0.15) is 31.2 Å². The molecule has 2 amide bonds. The van der Waals surface area contributed by atoms with E-state index >= 15 is 0 Å². The van der Waals surface area contributed by atoms with E-state index in [1.165, 1.54) is 37.4 Å². The van der Waals surface area contributed by atoms with E-state index in [0.717, 1.165) is 11.0 Å². The second-order valence-corrected chi connectivity index (χ2v) is 12.4. The van der Waals surface area contributed by atoms with Crippen LogP contribution in [-0.2, 0) is 35.4 Å². The van der Waals surface area contributed by atoms with Gasteiger partial charge in [-0.1, -0.05) is 23.2 Å². The Morgan fingerprint density at radius 2 is 1.77 bits per heavy atom. The number of hydrogen-bond acceptors (Lipinski definition) is 7. The second-order valence-electron chi connectivity index (χ2n) is 9.40. The number of hydrogen-bond donors (Lipinski definition) is 1. The number of ether oxygens (including phenoxy) is 1. The largest absolute Gasteiger partial charge is 0.496 e. The number of Topliss-reactive ketones (excluding diaryl/α,β-unsaturated/α-hetero) is 2. The van der Waals surface area contributed by atoms with E-state index in [4.69, 9.17) is 27.9 Å². The average molecular weight is 599 g/mol. The Labute approximate surface area is 234 Å². The number of fused-ring (bicyclic) bond motifs is 1. The lowest BCUT2D eigenvalue weighted by Crippen LogP contribution is -2.67. The normalized spacial score (nSPS) is 22.8. The van der Waals surface area contributed by atoms with E-state index in [0.29, 0.717) is 36.4 Å². The number of rotatable bonds is 5. The first kappa shape index (κ1) is 29.0. The number of benzene rings is 2. The number of nitrogens with one attached hydrogen (secondary N) is 1. The van der Waals surface area contributed by atoms with E-state index in [-0.39, 0.29) is 40.3 Å². The fourth-order valence-corrected chi connectivity index (χ4v) is 7.34. The van der Waals surface area contributed by atoms with Crippen LogP contribution in [0.15, 0.2) is 41.3 Å². The van der Waals surface area contributed by atoms with Crippen molar-refractivity contribution in [3.8, 4) is 5.75 Å². The Kier molecular flexibility index (Phi) is 8.34. The van der Waals surface area contributed by atoms with Crippen LogP contribution in [0.25, 0.3) is 0 Å². The molecule has 0 saturated carbocycles. The van der Waals surface area contributed by atoms with Gasteiger partial charge in [-0.2, -0.15) is 0 Å². The van der Waals surface area contributed by atoms with Gasteiger partial charge in [-0.05, 0) is 42.3 Å². The molecular weight excluding hydrogens is 574 g/mol. The van der Waals surface area contributed by atoms with Gasteiger partial charge in [0.15, 0.2) is 5.78 Å². The molecule has 0 bridgehead atoms. The zero-order chi connectivity index (χ0) is 28.5.